The first kappa shape index (κ1) is 12.5. The van der Waals surface area contributed by atoms with Crippen molar-refractivity contribution in [1.29, 1.82) is 0 Å². The molecule has 1 aromatic rings. The molecule has 0 bridgehead atoms. The van der Waals surface area contributed by atoms with Crippen LogP contribution in [-0.2, 0) is 5.75 Å². The molecule has 2 nitrogen and oxygen atoms in total. The van der Waals surface area contributed by atoms with Crippen LogP contribution in [0, 0.1) is 0 Å². The Bertz CT molecular complexity index is 403. The van der Waals surface area contributed by atoms with Gasteiger partial charge in [0.2, 0.25) is 0 Å². The summed E-state index contributed by atoms with van der Waals surface area (Å²) in [7, 11) is 2.25. The zero-order chi connectivity index (χ0) is 12.4. The van der Waals surface area contributed by atoms with Crippen molar-refractivity contribution >= 4 is 11.8 Å². The minimum atomic E-state index is 0.549. The summed E-state index contributed by atoms with van der Waals surface area (Å²) in [5, 5.41) is 3.73. The molecular weight excluding hydrogens is 240 g/mol. The van der Waals surface area contributed by atoms with Crippen LogP contribution in [0.25, 0.3) is 0 Å². The predicted octanol–water partition coefficient (Wildman–Crippen LogP) is 2.66. The zero-order valence-corrected chi connectivity index (χ0v) is 11.9. The Morgan fingerprint density at radius 2 is 2.17 bits per heavy atom. The van der Waals surface area contributed by atoms with E-state index in [2.05, 4.69) is 41.5 Å². The molecule has 2 aliphatic rings. The topological polar surface area (TPSA) is 15.3 Å². The number of hydrogen-bond acceptors (Lipinski definition) is 3. The number of fused-ring (bicyclic) bond motifs is 1. The molecule has 1 aromatic carbocycles. The highest BCUT2D eigenvalue weighted by Gasteiger charge is 2.26. The lowest BCUT2D eigenvalue weighted by atomic mass is 10.0. The minimum Gasteiger partial charge on any atom is -0.308 e. The molecule has 3 heteroatoms. The number of nitrogens with zero attached hydrogens (tertiary/aromatic N) is 1. The van der Waals surface area contributed by atoms with Crippen LogP contribution in [0.5, 0.6) is 0 Å². The van der Waals surface area contributed by atoms with Crippen molar-refractivity contribution in [3.63, 3.8) is 0 Å². The average molecular weight is 262 g/mol. The van der Waals surface area contributed by atoms with E-state index in [1.54, 1.807) is 0 Å². The van der Waals surface area contributed by atoms with Crippen molar-refractivity contribution in [2.24, 2.45) is 0 Å². The van der Waals surface area contributed by atoms with Gasteiger partial charge in [0.15, 0.2) is 0 Å². The lowest BCUT2D eigenvalue weighted by molar-refractivity contribution is 0.316. The third kappa shape index (κ3) is 2.90. The molecule has 0 spiro atoms. The first-order valence-electron chi connectivity index (χ1n) is 6.94. The summed E-state index contributed by atoms with van der Waals surface area (Å²) in [6.07, 6.45) is 2.80. The van der Waals surface area contributed by atoms with Gasteiger partial charge in [-0.2, -0.15) is 11.8 Å². The summed E-state index contributed by atoms with van der Waals surface area (Å²) < 4.78 is 0. The highest BCUT2D eigenvalue weighted by atomic mass is 32.2. The van der Waals surface area contributed by atoms with Crippen LogP contribution in [-0.4, -0.2) is 36.8 Å². The highest BCUT2D eigenvalue weighted by molar-refractivity contribution is 7.98. The Labute approximate surface area is 114 Å². The van der Waals surface area contributed by atoms with E-state index in [4.69, 9.17) is 0 Å². The number of benzene rings is 1. The fraction of sp³-hybridized carbons (Fsp3) is 0.600. The Morgan fingerprint density at radius 1 is 1.33 bits per heavy atom. The molecule has 0 amide bonds. The number of hydrogen-bond donors (Lipinski definition) is 1. The molecule has 3 rings (SSSR count). The van der Waals surface area contributed by atoms with Crippen LogP contribution >= 0.6 is 11.8 Å². The van der Waals surface area contributed by atoms with Crippen LogP contribution in [0.15, 0.2) is 24.3 Å². The van der Waals surface area contributed by atoms with Crippen molar-refractivity contribution in [2.75, 3.05) is 25.9 Å². The van der Waals surface area contributed by atoms with Crippen LogP contribution in [0.3, 0.4) is 0 Å². The van der Waals surface area contributed by atoms with Gasteiger partial charge in [0.1, 0.15) is 0 Å². The smallest absolute Gasteiger partial charge is 0.0415 e. The third-order valence-corrected chi connectivity index (χ3v) is 5.08. The second-order valence-electron chi connectivity index (χ2n) is 5.43. The highest BCUT2D eigenvalue weighted by Crippen LogP contribution is 2.31. The Hall–Kier alpha value is -0.510. The lowest BCUT2D eigenvalue weighted by Crippen LogP contribution is -2.34. The van der Waals surface area contributed by atoms with Crippen LogP contribution in [0.2, 0.25) is 0 Å². The molecule has 1 aliphatic carbocycles. The van der Waals surface area contributed by atoms with Gasteiger partial charge in [-0.15, -0.1) is 0 Å². The Morgan fingerprint density at radius 3 is 3.00 bits per heavy atom. The molecule has 98 valence electrons. The fourth-order valence-electron chi connectivity index (χ4n) is 2.66. The molecule has 0 aromatic heterocycles. The molecule has 1 unspecified atom stereocenters. The molecule has 0 saturated heterocycles. The van der Waals surface area contributed by atoms with Gasteiger partial charge in [-0.1, -0.05) is 24.3 Å². The number of thioether (sulfide) groups is 1. The Balaban J connectivity index is 1.53. The van der Waals surface area contributed by atoms with Crippen molar-refractivity contribution in [2.45, 2.75) is 30.7 Å². The maximum atomic E-state index is 3.73. The van der Waals surface area contributed by atoms with Gasteiger partial charge in [0.05, 0.1) is 0 Å². The normalized spacial score (nSPS) is 23.1. The second kappa shape index (κ2) is 5.64. The van der Waals surface area contributed by atoms with E-state index in [9.17, 15) is 0 Å². The van der Waals surface area contributed by atoms with E-state index in [-0.39, 0.29) is 0 Å². The Kier molecular flexibility index (Phi) is 3.92. The van der Waals surface area contributed by atoms with E-state index in [1.165, 1.54) is 42.0 Å². The number of likely N-dealkylation sites (N-methyl/N-ethyl adjacent to an activating group) is 1. The standard InChI is InChI=1S/C15H22N2S/c1-17(13-6-7-13)9-8-16-15-11-18-10-12-4-2-3-5-14(12)15/h2-5,13,15-16H,6-11H2,1H3. The first-order chi connectivity index (χ1) is 8.84. The monoisotopic (exact) mass is 262 g/mol. The van der Waals surface area contributed by atoms with E-state index >= 15 is 0 Å². The SMILES string of the molecule is CN(CCNC1CSCc2ccccc21)C1CC1. The summed E-state index contributed by atoms with van der Waals surface area (Å²) in [4.78, 5) is 2.49. The molecule has 1 aliphatic heterocycles. The van der Waals surface area contributed by atoms with Gasteiger partial charge in [-0.25, -0.2) is 0 Å². The first-order valence-corrected chi connectivity index (χ1v) is 8.09. The van der Waals surface area contributed by atoms with Crippen molar-refractivity contribution in [3.05, 3.63) is 35.4 Å². The van der Waals surface area contributed by atoms with E-state index in [0.29, 0.717) is 6.04 Å². The van der Waals surface area contributed by atoms with Gasteiger partial charge in [0.25, 0.3) is 0 Å². The summed E-state index contributed by atoms with van der Waals surface area (Å²) >= 11 is 2.05. The number of nitrogens with one attached hydrogen (secondary N) is 1. The van der Waals surface area contributed by atoms with E-state index in [0.717, 1.165) is 12.6 Å². The van der Waals surface area contributed by atoms with Gasteiger partial charge >= 0.3 is 0 Å². The van der Waals surface area contributed by atoms with Crippen LogP contribution in [0.1, 0.15) is 30.0 Å². The summed E-state index contributed by atoms with van der Waals surface area (Å²) in [6.45, 7) is 2.28. The van der Waals surface area contributed by atoms with E-state index in [1.807, 2.05) is 11.8 Å². The molecule has 0 radical (unpaired) electrons. The van der Waals surface area contributed by atoms with Crippen LogP contribution < -0.4 is 5.32 Å². The molecule has 1 heterocycles. The van der Waals surface area contributed by atoms with Crippen LogP contribution in [0.4, 0.5) is 0 Å². The number of rotatable bonds is 5. The molecule has 1 atom stereocenters. The quantitative estimate of drug-likeness (QED) is 0.878. The van der Waals surface area contributed by atoms with Crippen molar-refractivity contribution < 1.29 is 0 Å². The van der Waals surface area contributed by atoms with Crippen molar-refractivity contribution in [1.82, 2.24) is 10.2 Å². The second-order valence-corrected chi connectivity index (χ2v) is 6.46. The molecule has 1 N–H and O–H groups in total. The van der Waals surface area contributed by atoms with Crippen molar-refractivity contribution in [3.8, 4) is 0 Å². The fourth-order valence-corrected chi connectivity index (χ4v) is 3.80. The lowest BCUT2D eigenvalue weighted by Gasteiger charge is -2.27. The third-order valence-electron chi connectivity index (χ3n) is 4.00. The molecule has 1 fully saturated rings. The molecule has 18 heavy (non-hydrogen) atoms. The summed E-state index contributed by atoms with van der Waals surface area (Å²) in [5.74, 6) is 2.39. The van der Waals surface area contributed by atoms with Gasteiger partial charge < -0.3 is 10.2 Å². The van der Waals surface area contributed by atoms with E-state index < -0.39 is 0 Å². The maximum Gasteiger partial charge on any atom is 0.0415 e. The minimum absolute atomic E-state index is 0.549. The zero-order valence-electron chi connectivity index (χ0n) is 11.1. The van der Waals surface area contributed by atoms with Gasteiger partial charge in [0, 0.05) is 36.7 Å². The van der Waals surface area contributed by atoms with Gasteiger partial charge in [-0.05, 0) is 31.0 Å². The summed E-state index contributed by atoms with van der Waals surface area (Å²) in [6, 6.07) is 10.3. The largest absolute Gasteiger partial charge is 0.308 e. The maximum absolute atomic E-state index is 3.73. The van der Waals surface area contributed by atoms with Gasteiger partial charge in [-0.3, -0.25) is 0 Å². The molecule has 1 saturated carbocycles. The predicted molar refractivity (Wildman–Crippen MR) is 79.0 cm³/mol. The average Bonchev–Trinajstić information content (AvgIpc) is 3.23. The summed E-state index contributed by atoms with van der Waals surface area (Å²) in [5.41, 5.74) is 3.03. The molecular formula is C15H22N2S.